The highest BCUT2D eigenvalue weighted by atomic mass is 19.2. The van der Waals surface area contributed by atoms with Gasteiger partial charge in [0, 0.05) is 6.54 Å². The largest absolute Gasteiger partial charge is 0.412 e. The zero-order valence-corrected chi connectivity index (χ0v) is 9.90. The molecule has 0 bridgehead atoms. The summed E-state index contributed by atoms with van der Waals surface area (Å²) in [6.07, 6.45) is -0.657. The number of para-hydroxylation sites is 1. The van der Waals surface area contributed by atoms with Gasteiger partial charge in [-0.2, -0.15) is 0 Å². The van der Waals surface area contributed by atoms with Crippen LogP contribution in [0.2, 0.25) is 0 Å². The number of halogens is 2. The van der Waals surface area contributed by atoms with Crippen LogP contribution in [-0.2, 0) is 6.54 Å². The van der Waals surface area contributed by atoms with Crippen LogP contribution in [0.4, 0.5) is 13.6 Å². The molecule has 0 fully saturated rings. The molecule has 0 atom stereocenters. The molecule has 5 heteroatoms. The number of carbonyl (C=O) groups excluding carboxylic acids is 1. The molecule has 0 aromatic heterocycles. The van der Waals surface area contributed by atoms with Crippen LogP contribution in [0.5, 0.6) is 5.75 Å². The van der Waals surface area contributed by atoms with E-state index >= 15 is 0 Å². The topological polar surface area (TPSA) is 38.3 Å². The van der Waals surface area contributed by atoms with Crippen LogP contribution in [0.15, 0.2) is 48.5 Å². The van der Waals surface area contributed by atoms with E-state index < -0.39 is 17.7 Å². The van der Waals surface area contributed by atoms with E-state index in [9.17, 15) is 13.6 Å². The number of amides is 1. The molecule has 0 unspecified atom stereocenters. The van der Waals surface area contributed by atoms with Crippen molar-refractivity contribution in [3.05, 3.63) is 65.7 Å². The van der Waals surface area contributed by atoms with Gasteiger partial charge < -0.3 is 10.1 Å². The van der Waals surface area contributed by atoms with Crippen molar-refractivity contribution in [2.45, 2.75) is 6.54 Å². The lowest BCUT2D eigenvalue weighted by Gasteiger charge is -2.06. The van der Waals surface area contributed by atoms with E-state index in [4.69, 9.17) is 4.74 Å². The van der Waals surface area contributed by atoms with Gasteiger partial charge in [0.15, 0.2) is 11.6 Å². The van der Waals surface area contributed by atoms with Crippen LogP contribution < -0.4 is 10.1 Å². The third kappa shape index (κ3) is 3.77. The summed E-state index contributed by atoms with van der Waals surface area (Å²) in [6.45, 7) is 0.0584. The average Bonchev–Trinajstić information content (AvgIpc) is 2.41. The zero-order chi connectivity index (χ0) is 13.7. The molecule has 0 aliphatic carbocycles. The molecule has 0 saturated heterocycles. The molecule has 0 radical (unpaired) electrons. The minimum atomic E-state index is -0.948. The number of benzene rings is 2. The van der Waals surface area contributed by atoms with Crippen molar-refractivity contribution in [2.24, 2.45) is 0 Å². The molecule has 98 valence electrons. The fraction of sp³-hybridized carbons (Fsp3) is 0.0714. The second kappa shape index (κ2) is 5.95. The number of carbonyl (C=O) groups is 1. The summed E-state index contributed by atoms with van der Waals surface area (Å²) < 4.78 is 30.6. The van der Waals surface area contributed by atoms with Gasteiger partial charge in [0.05, 0.1) is 0 Å². The monoisotopic (exact) mass is 263 g/mol. The summed E-state index contributed by atoms with van der Waals surface area (Å²) in [5, 5.41) is 2.44. The first-order valence-electron chi connectivity index (χ1n) is 5.60. The second-order valence-corrected chi connectivity index (χ2v) is 3.80. The standard InChI is InChI=1S/C14H11F2NO2/c15-12-7-6-10(8-13(12)16)9-17-14(18)19-11-4-2-1-3-5-11/h1-8H,9H2,(H,17,18). The van der Waals surface area contributed by atoms with E-state index in [0.717, 1.165) is 12.1 Å². The fourth-order valence-corrected chi connectivity index (χ4v) is 1.46. The minimum absolute atomic E-state index is 0.0584. The Balaban J connectivity index is 1.88. The van der Waals surface area contributed by atoms with Gasteiger partial charge in [0.25, 0.3) is 0 Å². The lowest BCUT2D eigenvalue weighted by atomic mass is 10.2. The van der Waals surface area contributed by atoms with Gasteiger partial charge in [-0.25, -0.2) is 13.6 Å². The van der Waals surface area contributed by atoms with Gasteiger partial charge in [-0.1, -0.05) is 24.3 Å². The highest BCUT2D eigenvalue weighted by molar-refractivity contribution is 5.70. The molecule has 0 saturated carbocycles. The number of hydrogen-bond acceptors (Lipinski definition) is 2. The Bertz CT molecular complexity index is 573. The summed E-state index contributed by atoms with van der Waals surface area (Å²) in [6, 6.07) is 12.0. The molecule has 0 aliphatic rings. The van der Waals surface area contributed by atoms with Crippen molar-refractivity contribution in [3.8, 4) is 5.75 Å². The third-order valence-electron chi connectivity index (χ3n) is 2.37. The molecule has 2 rings (SSSR count). The van der Waals surface area contributed by atoms with Gasteiger partial charge in [0.1, 0.15) is 5.75 Å². The van der Waals surface area contributed by atoms with E-state index in [1.165, 1.54) is 6.07 Å². The van der Waals surface area contributed by atoms with Crippen LogP contribution in [0.1, 0.15) is 5.56 Å². The Morgan fingerprint density at radius 1 is 1.05 bits per heavy atom. The second-order valence-electron chi connectivity index (χ2n) is 3.80. The van der Waals surface area contributed by atoms with E-state index in [1.54, 1.807) is 30.3 Å². The Morgan fingerprint density at radius 2 is 1.79 bits per heavy atom. The lowest BCUT2D eigenvalue weighted by molar-refractivity contribution is 0.200. The highest BCUT2D eigenvalue weighted by Gasteiger charge is 2.06. The normalized spacial score (nSPS) is 10.0. The number of ether oxygens (including phenoxy) is 1. The molecule has 1 N–H and O–H groups in total. The maximum absolute atomic E-state index is 12.9. The smallest absolute Gasteiger partial charge is 0.410 e. The molecule has 0 heterocycles. The molecule has 19 heavy (non-hydrogen) atoms. The van der Waals surface area contributed by atoms with E-state index in [2.05, 4.69) is 5.32 Å². The SMILES string of the molecule is O=C(NCc1ccc(F)c(F)c1)Oc1ccccc1. The first kappa shape index (κ1) is 13.0. The van der Waals surface area contributed by atoms with Crippen molar-refractivity contribution < 1.29 is 18.3 Å². The van der Waals surface area contributed by atoms with Gasteiger partial charge in [-0.05, 0) is 29.8 Å². The molecule has 3 nitrogen and oxygen atoms in total. The Kier molecular flexibility index (Phi) is 4.07. The zero-order valence-electron chi connectivity index (χ0n) is 9.90. The van der Waals surface area contributed by atoms with Crippen LogP contribution in [0.25, 0.3) is 0 Å². The number of hydrogen-bond donors (Lipinski definition) is 1. The van der Waals surface area contributed by atoms with Crippen LogP contribution >= 0.6 is 0 Å². The molecular weight excluding hydrogens is 252 g/mol. The Morgan fingerprint density at radius 3 is 2.47 bits per heavy atom. The Hall–Kier alpha value is -2.43. The number of nitrogens with one attached hydrogen (secondary N) is 1. The van der Waals surface area contributed by atoms with Crippen LogP contribution in [-0.4, -0.2) is 6.09 Å². The average molecular weight is 263 g/mol. The summed E-state index contributed by atoms with van der Waals surface area (Å²) in [5.74, 6) is -1.46. The maximum Gasteiger partial charge on any atom is 0.412 e. The third-order valence-corrected chi connectivity index (χ3v) is 2.37. The van der Waals surface area contributed by atoms with Gasteiger partial charge in [0.2, 0.25) is 0 Å². The summed E-state index contributed by atoms with van der Waals surface area (Å²) in [7, 11) is 0. The highest BCUT2D eigenvalue weighted by Crippen LogP contribution is 2.10. The number of rotatable bonds is 3. The first-order valence-corrected chi connectivity index (χ1v) is 5.60. The molecule has 1 amide bonds. The van der Waals surface area contributed by atoms with E-state index in [-0.39, 0.29) is 6.54 Å². The fourth-order valence-electron chi connectivity index (χ4n) is 1.46. The van der Waals surface area contributed by atoms with Crippen LogP contribution in [0, 0.1) is 11.6 Å². The van der Waals surface area contributed by atoms with Crippen molar-refractivity contribution in [1.29, 1.82) is 0 Å². The van der Waals surface area contributed by atoms with Crippen molar-refractivity contribution in [3.63, 3.8) is 0 Å². The summed E-state index contributed by atoms with van der Waals surface area (Å²) in [4.78, 5) is 11.4. The predicted octanol–water partition coefficient (Wildman–Crippen LogP) is 3.25. The molecule has 0 spiro atoms. The van der Waals surface area contributed by atoms with Crippen LogP contribution in [0.3, 0.4) is 0 Å². The Labute approximate surface area is 108 Å². The van der Waals surface area contributed by atoms with Gasteiger partial charge >= 0.3 is 6.09 Å². The van der Waals surface area contributed by atoms with Crippen molar-refractivity contribution >= 4 is 6.09 Å². The van der Waals surface area contributed by atoms with Gasteiger partial charge in [-0.3, -0.25) is 0 Å². The van der Waals surface area contributed by atoms with E-state index in [0.29, 0.717) is 11.3 Å². The van der Waals surface area contributed by atoms with E-state index in [1.807, 2.05) is 0 Å². The van der Waals surface area contributed by atoms with Crippen molar-refractivity contribution in [2.75, 3.05) is 0 Å². The van der Waals surface area contributed by atoms with Gasteiger partial charge in [-0.15, -0.1) is 0 Å². The summed E-state index contributed by atoms with van der Waals surface area (Å²) in [5.41, 5.74) is 0.448. The first-order chi connectivity index (χ1) is 9.15. The lowest BCUT2D eigenvalue weighted by Crippen LogP contribution is -2.26. The molecule has 2 aromatic carbocycles. The minimum Gasteiger partial charge on any atom is -0.410 e. The molecular formula is C14H11F2NO2. The van der Waals surface area contributed by atoms with Crippen molar-refractivity contribution in [1.82, 2.24) is 5.32 Å². The molecule has 0 aliphatic heterocycles. The predicted molar refractivity (Wildman–Crippen MR) is 65.7 cm³/mol. The molecule has 2 aromatic rings. The summed E-state index contributed by atoms with van der Waals surface area (Å²) >= 11 is 0. The quantitative estimate of drug-likeness (QED) is 0.923. The maximum atomic E-state index is 12.9.